The smallest absolute Gasteiger partial charge is 0.227 e. The first-order valence-corrected chi connectivity index (χ1v) is 10.2. The highest BCUT2D eigenvalue weighted by Crippen LogP contribution is 2.22. The lowest BCUT2D eigenvalue weighted by molar-refractivity contribution is -0.122. The monoisotopic (exact) mass is 415 g/mol. The summed E-state index contributed by atoms with van der Waals surface area (Å²) in [5.41, 5.74) is 4.57. The maximum absolute atomic E-state index is 12.7. The van der Waals surface area contributed by atoms with Crippen LogP contribution in [-0.2, 0) is 4.79 Å². The summed E-state index contributed by atoms with van der Waals surface area (Å²) in [5, 5.41) is 7.50. The van der Waals surface area contributed by atoms with Gasteiger partial charge in [-0.1, -0.05) is 29.8 Å². The van der Waals surface area contributed by atoms with Gasteiger partial charge in [0.1, 0.15) is 12.1 Å². The van der Waals surface area contributed by atoms with Gasteiger partial charge in [0.25, 0.3) is 0 Å². The Hall–Kier alpha value is -3.74. The van der Waals surface area contributed by atoms with Crippen molar-refractivity contribution in [2.75, 3.05) is 7.11 Å². The normalized spacial score (nSPS) is 13.0. The van der Waals surface area contributed by atoms with Gasteiger partial charge < -0.3 is 10.1 Å². The van der Waals surface area contributed by atoms with Crippen molar-refractivity contribution in [3.63, 3.8) is 0 Å². The standard InChI is InChI=1S/C24H25N5O2/c1-15-5-7-18(8-6-15)16(2)24(30)26-17(3)23-27-22-13-21(25-14-29(22)28-23)19-9-11-20(31-4)12-10-19/h5-14,16-17H,1-4H3,(H,26,30)/t16-,17-/m1/s1. The molecule has 31 heavy (non-hydrogen) atoms. The van der Waals surface area contributed by atoms with E-state index in [1.165, 1.54) is 5.56 Å². The number of carbonyl (C=O) groups is 1. The summed E-state index contributed by atoms with van der Waals surface area (Å²) < 4.78 is 6.82. The molecule has 0 saturated heterocycles. The van der Waals surface area contributed by atoms with Crippen molar-refractivity contribution in [2.24, 2.45) is 0 Å². The van der Waals surface area contributed by atoms with Gasteiger partial charge in [-0.05, 0) is 50.6 Å². The Bertz CT molecular complexity index is 1200. The molecule has 0 fully saturated rings. The zero-order valence-electron chi connectivity index (χ0n) is 18.0. The molecule has 0 spiro atoms. The molecule has 4 aromatic rings. The predicted molar refractivity (Wildman–Crippen MR) is 119 cm³/mol. The maximum Gasteiger partial charge on any atom is 0.227 e. The number of hydrogen-bond donors (Lipinski definition) is 1. The Morgan fingerprint density at radius 1 is 1.06 bits per heavy atom. The van der Waals surface area contributed by atoms with E-state index in [2.05, 4.69) is 20.4 Å². The lowest BCUT2D eigenvalue weighted by atomic mass is 9.99. The Morgan fingerprint density at radius 2 is 1.77 bits per heavy atom. The zero-order chi connectivity index (χ0) is 22.0. The summed E-state index contributed by atoms with van der Waals surface area (Å²) in [6.07, 6.45) is 1.63. The second-order valence-electron chi connectivity index (χ2n) is 7.64. The van der Waals surface area contributed by atoms with Crippen LogP contribution in [0.25, 0.3) is 16.9 Å². The third-order valence-electron chi connectivity index (χ3n) is 5.35. The minimum Gasteiger partial charge on any atom is -0.497 e. The minimum atomic E-state index is -0.329. The van der Waals surface area contributed by atoms with Gasteiger partial charge in [-0.3, -0.25) is 4.79 Å². The number of methoxy groups -OCH3 is 1. The molecule has 7 heteroatoms. The van der Waals surface area contributed by atoms with Crippen LogP contribution in [-0.4, -0.2) is 32.6 Å². The van der Waals surface area contributed by atoms with Crippen LogP contribution in [0.4, 0.5) is 0 Å². The molecular formula is C24H25N5O2. The Morgan fingerprint density at radius 3 is 2.45 bits per heavy atom. The molecular weight excluding hydrogens is 390 g/mol. The number of aromatic nitrogens is 4. The topological polar surface area (TPSA) is 81.4 Å². The van der Waals surface area contributed by atoms with Crippen molar-refractivity contribution in [3.8, 4) is 17.0 Å². The largest absolute Gasteiger partial charge is 0.497 e. The Balaban J connectivity index is 1.50. The number of hydrogen-bond acceptors (Lipinski definition) is 5. The Kier molecular flexibility index (Phi) is 5.66. The molecule has 0 aliphatic carbocycles. The fraction of sp³-hybridized carbons (Fsp3) is 0.250. The van der Waals surface area contributed by atoms with Crippen LogP contribution in [0.15, 0.2) is 60.9 Å². The van der Waals surface area contributed by atoms with E-state index in [0.717, 1.165) is 22.6 Å². The van der Waals surface area contributed by atoms with E-state index in [9.17, 15) is 4.79 Å². The van der Waals surface area contributed by atoms with Gasteiger partial charge in [-0.15, -0.1) is 5.10 Å². The fourth-order valence-corrected chi connectivity index (χ4v) is 3.32. The van der Waals surface area contributed by atoms with E-state index in [0.29, 0.717) is 11.5 Å². The summed E-state index contributed by atoms with van der Waals surface area (Å²) in [6.45, 7) is 5.81. The molecule has 2 heterocycles. The second kappa shape index (κ2) is 8.55. The van der Waals surface area contributed by atoms with Crippen molar-refractivity contribution in [1.29, 1.82) is 0 Å². The van der Waals surface area contributed by atoms with Crippen molar-refractivity contribution in [1.82, 2.24) is 24.9 Å². The molecule has 0 radical (unpaired) electrons. The molecule has 0 bridgehead atoms. The average molecular weight is 415 g/mol. The molecule has 0 saturated carbocycles. The molecule has 1 amide bonds. The fourth-order valence-electron chi connectivity index (χ4n) is 3.32. The molecule has 158 valence electrons. The molecule has 0 aliphatic rings. The highest BCUT2D eigenvalue weighted by molar-refractivity contribution is 5.83. The van der Waals surface area contributed by atoms with Gasteiger partial charge in [0.15, 0.2) is 11.5 Å². The van der Waals surface area contributed by atoms with Crippen LogP contribution in [0.5, 0.6) is 5.75 Å². The Labute approximate surface area is 181 Å². The van der Waals surface area contributed by atoms with Crippen LogP contribution >= 0.6 is 0 Å². The first-order chi connectivity index (χ1) is 14.9. The van der Waals surface area contributed by atoms with Gasteiger partial charge in [-0.2, -0.15) is 0 Å². The second-order valence-corrected chi connectivity index (χ2v) is 7.64. The highest BCUT2D eigenvalue weighted by atomic mass is 16.5. The number of aryl methyl sites for hydroxylation is 1. The quantitative estimate of drug-likeness (QED) is 0.513. The van der Waals surface area contributed by atoms with Crippen LogP contribution < -0.4 is 10.1 Å². The zero-order valence-corrected chi connectivity index (χ0v) is 18.0. The summed E-state index contributed by atoms with van der Waals surface area (Å²) in [5.74, 6) is 1.01. The molecule has 2 atom stereocenters. The van der Waals surface area contributed by atoms with Crippen molar-refractivity contribution < 1.29 is 9.53 Å². The minimum absolute atomic E-state index is 0.0627. The summed E-state index contributed by atoms with van der Waals surface area (Å²) in [7, 11) is 1.64. The first kappa shape index (κ1) is 20.5. The lowest BCUT2D eigenvalue weighted by Gasteiger charge is -2.16. The number of fused-ring (bicyclic) bond motifs is 1. The van der Waals surface area contributed by atoms with Gasteiger partial charge in [0.05, 0.1) is 24.8 Å². The third-order valence-corrected chi connectivity index (χ3v) is 5.35. The lowest BCUT2D eigenvalue weighted by Crippen LogP contribution is -2.31. The SMILES string of the molecule is COc1ccc(-c2cc3nc([C@@H](C)NC(=O)[C@H](C)c4ccc(C)cc4)nn3cn2)cc1. The molecule has 0 unspecified atom stereocenters. The molecule has 2 aromatic heterocycles. The first-order valence-electron chi connectivity index (χ1n) is 10.2. The van der Waals surface area contributed by atoms with Crippen LogP contribution in [0, 0.1) is 6.92 Å². The number of ether oxygens (including phenoxy) is 1. The molecule has 4 rings (SSSR count). The van der Waals surface area contributed by atoms with E-state index in [-0.39, 0.29) is 17.9 Å². The molecule has 0 aliphatic heterocycles. The average Bonchev–Trinajstić information content (AvgIpc) is 3.23. The third kappa shape index (κ3) is 4.40. The van der Waals surface area contributed by atoms with E-state index in [4.69, 9.17) is 4.74 Å². The summed E-state index contributed by atoms with van der Waals surface area (Å²) in [6, 6.07) is 17.2. The predicted octanol–water partition coefficient (Wildman–Crippen LogP) is 4.09. The van der Waals surface area contributed by atoms with Crippen molar-refractivity contribution in [2.45, 2.75) is 32.7 Å². The van der Waals surface area contributed by atoms with Gasteiger partial charge in [0, 0.05) is 11.6 Å². The number of nitrogens with one attached hydrogen (secondary N) is 1. The van der Waals surface area contributed by atoms with Crippen LogP contribution in [0.2, 0.25) is 0 Å². The van der Waals surface area contributed by atoms with E-state index >= 15 is 0 Å². The van der Waals surface area contributed by atoms with Crippen molar-refractivity contribution >= 4 is 11.6 Å². The molecule has 1 N–H and O–H groups in total. The summed E-state index contributed by atoms with van der Waals surface area (Å²) >= 11 is 0. The van der Waals surface area contributed by atoms with Gasteiger partial charge in [-0.25, -0.2) is 14.5 Å². The van der Waals surface area contributed by atoms with Crippen LogP contribution in [0.1, 0.15) is 42.8 Å². The molecule has 2 aromatic carbocycles. The maximum atomic E-state index is 12.7. The van der Waals surface area contributed by atoms with E-state index < -0.39 is 0 Å². The van der Waals surface area contributed by atoms with E-state index in [1.807, 2.05) is 75.4 Å². The van der Waals surface area contributed by atoms with Gasteiger partial charge >= 0.3 is 0 Å². The number of rotatable bonds is 6. The molecule has 7 nitrogen and oxygen atoms in total. The number of benzene rings is 2. The highest BCUT2D eigenvalue weighted by Gasteiger charge is 2.20. The van der Waals surface area contributed by atoms with Crippen LogP contribution in [0.3, 0.4) is 0 Å². The van der Waals surface area contributed by atoms with E-state index in [1.54, 1.807) is 18.0 Å². The summed E-state index contributed by atoms with van der Waals surface area (Å²) in [4.78, 5) is 21.8. The number of nitrogens with zero attached hydrogens (tertiary/aromatic N) is 4. The van der Waals surface area contributed by atoms with Gasteiger partial charge in [0.2, 0.25) is 5.91 Å². The number of amides is 1. The van der Waals surface area contributed by atoms with Crippen molar-refractivity contribution in [3.05, 3.63) is 77.9 Å². The number of carbonyl (C=O) groups excluding carboxylic acids is 1.